The molecule has 0 bridgehead atoms. The summed E-state index contributed by atoms with van der Waals surface area (Å²) in [5.41, 5.74) is 1.67. The highest BCUT2D eigenvalue weighted by Gasteiger charge is 2.19. The quantitative estimate of drug-likeness (QED) is 0.467. The van der Waals surface area contributed by atoms with E-state index in [4.69, 9.17) is 9.47 Å². The van der Waals surface area contributed by atoms with Crippen molar-refractivity contribution in [3.8, 4) is 16.3 Å². The first-order valence-electron chi connectivity index (χ1n) is 8.05. The largest absolute Gasteiger partial charge is 0.497 e. The first-order valence-corrected chi connectivity index (χ1v) is 8.87. The third kappa shape index (κ3) is 4.38. The Kier molecular flexibility index (Phi) is 5.61. The van der Waals surface area contributed by atoms with E-state index in [2.05, 4.69) is 4.98 Å². The predicted molar refractivity (Wildman–Crippen MR) is 99.9 cm³/mol. The second kappa shape index (κ2) is 8.09. The van der Waals surface area contributed by atoms with Gasteiger partial charge in [0.2, 0.25) is 0 Å². The molecule has 0 saturated heterocycles. The number of benzene rings is 2. The minimum absolute atomic E-state index is 0.282. The smallest absolute Gasteiger partial charge is 0.350 e. The van der Waals surface area contributed by atoms with Crippen LogP contribution in [0.2, 0.25) is 0 Å². The predicted octanol–water partition coefficient (Wildman–Crippen LogP) is 4.31. The SMILES string of the molecule is COc1ccc(-c2nc(C)c(C(=O)OCC(=O)c3ccc(F)cc3)s2)cc1. The molecule has 7 heteroatoms. The van der Waals surface area contributed by atoms with Crippen molar-refractivity contribution < 1.29 is 23.5 Å². The van der Waals surface area contributed by atoms with Crippen molar-refractivity contribution in [1.29, 1.82) is 0 Å². The molecule has 3 aromatic rings. The third-order valence-electron chi connectivity index (χ3n) is 3.82. The number of nitrogens with zero attached hydrogens (tertiary/aromatic N) is 1. The number of halogens is 1. The number of hydrogen-bond donors (Lipinski definition) is 0. The number of aryl methyl sites for hydroxylation is 1. The lowest BCUT2D eigenvalue weighted by molar-refractivity contribution is 0.0478. The van der Waals surface area contributed by atoms with Crippen LogP contribution in [0.25, 0.3) is 10.6 Å². The average Bonchev–Trinajstić information content (AvgIpc) is 3.08. The summed E-state index contributed by atoms with van der Waals surface area (Å²) in [6.45, 7) is 1.29. The van der Waals surface area contributed by atoms with Crippen LogP contribution < -0.4 is 4.74 Å². The molecule has 0 aliphatic rings. The van der Waals surface area contributed by atoms with Crippen LogP contribution in [-0.2, 0) is 4.74 Å². The highest BCUT2D eigenvalue weighted by Crippen LogP contribution is 2.29. The van der Waals surface area contributed by atoms with E-state index in [1.54, 1.807) is 14.0 Å². The Morgan fingerprint density at radius 1 is 1.07 bits per heavy atom. The molecule has 0 N–H and O–H groups in total. The zero-order valence-electron chi connectivity index (χ0n) is 14.7. The van der Waals surface area contributed by atoms with Gasteiger partial charge in [-0.05, 0) is 55.5 Å². The van der Waals surface area contributed by atoms with E-state index in [-0.39, 0.29) is 5.56 Å². The summed E-state index contributed by atoms with van der Waals surface area (Å²) in [4.78, 5) is 29.1. The molecule has 0 unspecified atom stereocenters. The maximum absolute atomic E-state index is 12.9. The molecule has 0 saturated carbocycles. The minimum Gasteiger partial charge on any atom is -0.497 e. The van der Waals surface area contributed by atoms with Crippen LogP contribution in [-0.4, -0.2) is 30.5 Å². The Morgan fingerprint density at radius 3 is 2.37 bits per heavy atom. The number of rotatable bonds is 6. The number of Topliss-reactive ketones (excluding diaryl/α,β-unsaturated/α-hetero) is 1. The van der Waals surface area contributed by atoms with E-state index < -0.39 is 24.2 Å². The van der Waals surface area contributed by atoms with Crippen molar-refractivity contribution >= 4 is 23.1 Å². The maximum atomic E-state index is 12.9. The van der Waals surface area contributed by atoms with Gasteiger partial charge in [0.05, 0.1) is 12.8 Å². The molecule has 2 aromatic carbocycles. The van der Waals surface area contributed by atoms with Crippen LogP contribution >= 0.6 is 11.3 Å². The molecule has 0 spiro atoms. The lowest BCUT2D eigenvalue weighted by atomic mass is 10.1. The van der Waals surface area contributed by atoms with Crippen molar-refractivity contribution in [1.82, 2.24) is 4.98 Å². The van der Waals surface area contributed by atoms with Crippen LogP contribution in [0.1, 0.15) is 25.7 Å². The van der Waals surface area contributed by atoms with Gasteiger partial charge in [-0.1, -0.05) is 0 Å². The van der Waals surface area contributed by atoms with Crippen molar-refractivity contribution in [2.45, 2.75) is 6.92 Å². The van der Waals surface area contributed by atoms with E-state index in [1.165, 1.54) is 35.6 Å². The number of aromatic nitrogens is 1. The molecular weight excluding hydrogens is 369 g/mol. The van der Waals surface area contributed by atoms with Gasteiger partial charge >= 0.3 is 5.97 Å². The summed E-state index contributed by atoms with van der Waals surface area (Å²) in [6, 6.07) is 12.4. The topological polar surface area (TPSA) is 65.5 Å². The number of hydrogen-bond acceptors (Lipinski definition) is 6. The summed E-state index contributed by atoms with van der Waals surface area (Å²) in [5.74, 6) is -0.720. The van der Waals surface area contributed by atoms with Gasteiger partial charge in [0.1, 0.15) is 21.5 Å². The zero-order valence-corrected chi connectivity index (χ0v) is 15.5. The first kappa shape index (κ1) is 18.7. The Morgan fingerprint density at radius 2 is 1.74 bits per heavy atom. The fourth-order valence-electron chi connectivity index (χ4n) is 2.36. The van der Waals surface area contributed by atoms with Crippen LogP contribution in [0, 0.1) is 12.7 Å². The molecule has 3 rings (SSSR count). The molecule has 1 aromatic heterocycles. The van der Waals surface area contributed by atoms with Crippen molar-refractivity contribution in [2.24, 2.45) is 0 Å². The monoisotopic (exact) mass is 385 g/mol. The summed E-state index contributed by atoms with van der Waals surface area (Å²) in [6.07, 6.45) is 0. The number of carbonyl (C=O) groups excluding carboxylic acids is 2. The van der Waals surface area contributed by atoms with Gasteiger partial charge in [-0.2, -0.15) is 0 Å². The summed E-state index contributed by atoms with van der Waals surface area (Å²) < 4.78 is 23.1. The fourth-order valence-corrected chi connectivity index (χ4v) is 3.32. The highest BCUT2D eigenvalue weighted by atomic mass is 32.1. The lowest BCUT2D eigenvalue weighted by Crippen LogP contribution is -2.14. The molecule has 138 valence electrons. The highest BCUT2D eigenvalue weighted by molar-refractivity contribution is 7.17. The van der Waals surface area contributed by atoms with E-state index in [1.807, 2.05) is 24.3 Å². The van der Waals surface area contributed by atoms with E-state index in [0.29, 0.717) is 15.6 Å². The molecule has 0 fully saturated rings. The maximum Gasteiger partial charge on any atom is 0.350 e. The lowest BCUT2D eigenvalue weighted by Gasteiger charge is -2.03. The third-order valence-corrected chi connectivity index (χ3v) is 5.01. The van der Waals surface area contributed by atoms with Crippen LogP contribution in [0.15, 0.2) is 48.5 Å². The van der Waals surface area contributed by atoms with Gasteiger partial charge in [0, 0.05) is 11.1 Å². The summed E-state index contributed by atoms with van der Waals surface area (Å²) in [5, 5.41) is 0.673. The number of ketones is 1. The molecule has 0 aliphatic heterocycles. The molecule has 0 radical (unpaired) electrons. The number of methoxy groups -OCH3 is 1. The summed E-state index contributed by atoms with van der Waals surface area (Å²) in [7, 11) is 1.59. The molecule has 5 nitrogen and oxygen atoms in total. The Bertz CT molecular complexity index is 965. The van der Waals surface area contributed by atoms with E-state index in [0.717, 1.165) is 11.3 Å². The molecule has 1 heterocycles. The van der Waals surface area contributed by atoms with Gasteiger partial charge in [-0.15, -0.1) is 11.3 Å². The molecule has 0 atom stereocenters. The fraction of sp³-hybridized carbons (Fsp3) is 0.150. The zero-order chi connectivity index (χ0) is 19.4. The molecule has 27 heavy (non-hydrogen) atoms. The number of carbonyl (C=O) groups is 2. The van der Waals surface area contributed by atoms with E-state index in [9.17, 15) is 14.0 Å². The minimum atomic E-state index is -0.611. The Labute approximate surface area is 159 Å². The number of thiazole rings is 1. The second-order valence-corrected chi connectivity index (χ2v) is 6.67. The van der Waals surface area contributed by atoms with E-state index >= 15 is 0 Å². The van der Waals surface area contributed by atoms with Crippen molar-refractivity contribution in [3.63, 3.8) is 0 Å². The second-order valence-electron chi connectivity index (χ2n) is 5.67. The van der Waals surface area contributed by atoms with Crippen molar-refractivity contribution in [3.05, 3.63) is 70.5 Å². The van der Waals surface area contributed by atoms with Crippen molar-refractivity contribution in [2.75, 3.05) is 13.7 Å². The number of esters is 1. The normalized spacial score (nSPS) is 10.5. The summed E-state index contributed by atoms with van der Waals surface area (Å²) >= 11 is 1.20. The Balaban J connectivity index is 1.68. The molecular formula is C20H16FNO4S. The Hall–Kier alpha value is -3.06. The number of ether oxygens (including phenoxy) is 2. The van der Waals surface area contributed by atoms with Gasteiger partial charge in [0.25, 0.3) is 0 Å². The average molecular weight is 385 g/mol. The molecule has 0 aliphatic carbocycles. The molecule has 0 amide bonds. The van der Waals surface area contributed by atoms with Crippen LogP contribution in [0.5, 0.6) is 5.75 Å². The van der Waals surface area contributed by atoms with Gasteiger partial charge in [-0.3, -0.25) is 4.79 Å². The van der Waals surface area contributed by atoms with Crippen LogP contribution in [0.3, 0.4) is 0 Å². The standard InChI is InChI=1S/C20H16FNO4S/c1-12-18(27-19(22-12)14-5-9-16(25-2)10-6-14)20(24)26-11-17(23)13-3-7-15(21)8-4-13/h3-10H,11H2,1-2H3. The van der Waals surface area contributed by atoms with Gasteiger partial charge < -0.3 is 9.47 Å². The van der Waals surface area contributed by atoms with Gasteiger partial charge in [0.15, 0.2) is 12.4 Å². The first-order chi connectivity index (χ1) is 13.0. The van der Waals surface area contributed by atoms with Gasteiger partial charge in [-0.25, -0.2) is 14.2 Å². The van der Waals surface area contributed by atoms with Crippen LogP contribution in [0.4, 0.5) is 4.39 Å².